The quantitative estimate of drug-likeness (QED) is 0.661. The molecule has 0 saturated heterocycles. The van der Waals surface area contributed by atoms with E-state index in [9.17, 15) is 17.6 Å². The van der Waals surface area contributed by atoms with Crippen LogP contribution in [-0.4, -0.2) is 18.9 Å². The molecule has 0 unspecified atom stereocenters. The van der Waals surface area contributed by atoms with E-state index in [1.54, 1.807) is 13.0 Å². The van der Waals surface area contributed by atoms with Crippen LogP contribution in [0.1, 0.15) is 21.7 Å². The van der Waals surface area contributed by atoms with Gasteiger partial charge in [0.2, 0.25) is 0 Å². The van der Waals surface area contributed by atoms with E-state index in [0.29, 0.717) is 11.3 Å². The Morgan fingerprint density at radius 1 is 1.00 bits per heavy atom. The second-order valence-electron chi connectivity index (χ2n) is 5.97. The predicted molar refractivity (Wildman–Crippen MR) is 99.4 cm³/mol. The number of nitrogens with one attached hydrogen (secondary N) is 2. The van der Waals surface area contributed by atoms with Gasteiger partial charge in [-0.15, -0.1) is 4.83 Å². The molecule has 6 nitrogen and oxygen atoms in total. The lowest BCUT2D eigenvalue weighted by Gasteiger charge is -2.10. The number of benzene rings is 2. The Morgan fingerprint density at radius 3 is 2.26 bits per heavy atom. The Morgan fingerprint density at radius 2 is 1.63 bits per heavy atom. The first kappa shape index (κ1) is 18.8. The number of hydrogen-bond acceptors (Lipinski definition) is 3. The van der Waals surface area contributed by atoms with E-state index in [1.807, 2.05) is 46.7 Å². The van der Waals surface area contributed by atoms with Crippen molar-refractivity contribution in [3.05, 3.63) is 83.4 Å². The fourth-order valence-electron chi connectivity index (χ4n) is 2.82. The summed E-state index contributed by atoms with van der Waals surface area (Å²) in [6, 6.07) is 15.5. The number of hydrazine groups is 1. The summed E-state index contributed by atoms with van der Waals surface area (Å²) in [5, 5.41) is 0. The zero-order chi connectivity index (χ0) is 19.6. The van der Waals surface area contributed by atoms with Crippen LogP contribution in [0.5, 0.6) is 0 Å². The van der Waals surface area contributed by atoms with Crippen LogP contribution in [0.3, 0.4) is 0 Å². The van der Waals surface area contributed by atoms with Crippen molar-refractivity contribution in [3.63, 3.8) is 0 Å². The van der Waals surface area contributed by atoms with Crippen molar-refractivity contribution in [1.29, 1.82) is 0 Å². The lowest BCUT2D eigenvalue weighted by atomic mass is 10.2. The number of aromatic nitrogens is 1. The normalized spacial score (nSPS) is 11.4. The third kappa shape index (κ3) is 3.91. The molecule has 0 saturated carbocycles. The first-order valence-corrected chi connectivity index (χ1v) is 9.60. The summed E-state index contributed by atoms with van der Waals surface area (Å²) in [7, 11) is -4.00. The number of hydrogen-bond donors (Lipinski definition) is 2. The Labute approximate surface area is 156 Å². The van der Waals surface area contributed by atoms with Gasteiger partial charge < -0.3 is 4.57 Å². The molecule has 3 aromatic rings. The molecule has 0 aliphatic carbocycles. The molecule has 1 amide bonds. The zero-order valence-corrected chi connectivity index (χ0v) is 15.5. The van der Waals surface area contributed by atoms with Crippen LogP contribution in [0.15, 0.2) is 65.6 Å². The topological polar surface area (TPSA) is 80.2 Å². The van der Waals surface area contributed by atoms with Crippen LogP contribution < -0.4 is 10.3 Å². The molecule has 2 aromatic carbocycles. The predicted octanol–water partition coefficient (Wildman–Crippen LogP) is 2.86. The molecule has 0 radical (unpaired) electrons. The number of para-hydroxylation sites is 1. The van der Waals surface area contributed by atoms with Crippen molar-refractivity contribution in [3.8, 4) is 5.69 Å². The molecule has 0 aliphatic heterocycles. The van der Waals surface area contributed by atoms with Gasteiger partial charge in [0.1, 0.15) is 5.82 Å². The highest BCUT2D eigenvalue weighted by Crippen LogP contribution is 2.20. The molecule has 0 bridgehead atoms. The molecule has 27 heavy (non-hydrogen) atoms. The first-order valence-electron chi connectivity index (χ1n) is 8.11. The van der Waals surface area contributed by atoms with E-state index in [4.69, 9.17) is 0 Å². The minimum atomic E-state index is -4.00. The highest BCUT2D eigenvalue weighted by molar-refractivity contribution is 7.89. The van der Waals surface area contributed by atoms with Gasteiger partial charge in [0.25, 0.3) is 15.9 Å². The van der Waals surface area contributed by atoms with Crippen molar-refractivity contribution in [1.82, 2.24) is 14.8 Å². The number of amides is 1. The van der Waals surface area contributed by atoms with Crippen LogP contribution in [0.4, 0.5) is 4.39 Å². The molecule has 8 heteroatoms. The highest BCUT2D eigenvalue weighted by atomic mass is 32.2. The molecule has 0 spiro atoms. The summed E-state index contributed by atoms with van der Waals surface area (Å²) in [4.78, 5) is 14.4. The first-order chi connectivity index (χ1) is 12.8. The lowest BCUT2D eigenvalue weighted by Crippen LogP contribution is -2.41. The number of rotatable bonds is 5. The average molecular weight is 387 g/mol. The van der Waals surface area contributed by atoms with Crippen molar-refractivity contribution in [2.24, 2.45) is 0 Å². The van der Waals surface area contributed by atoms with Gasteiger partial charge in [-0.1, -0.05) is 18.2 Å². The van der Waals surface area contributed by atoms with Gasteiger partial charge in [0.15, 0.2) is 0 Å². The number of carbonyl (C=O) groups is 1. The van der Waals surface area contributed by atoms with Crippen molar-refractivity contribution in [2.45, 2.75) is 18.7 Å². The van der Waals surface area contributed by atoms with Gasteiger partial charge in [-0.2, -0.15) is 0 Å². The monoisotopic (exact) mass is 387 g/mol. The second-order valence-corrected chi connectivity index (χ2v) is 7.65. The Bertz CT molecular complexity index is 1080. The molecular formula is C19H18FN3O3S. The third-order valence-corrected chi connectivity index (χ3v) is 5.38. The van der Waals surface area contributed by atoms with Gasteiger partial charge in [0, 0.05) is 17.1 Å². The summed E-state index contributed by atoms with van der Waals surface area (Å²) < 4.78 is 39.3. The van der Waals surface area contributed by atoms with Crippen LogP contribution in [0, 0.1) is 19.7 Å². The van der Waals surface area contributed by atoms with Crippen LogP contribution in [0.2, 0.25) is 0 Å². The maximum absolute atomic E-state index is 12.9. The van der Waals surface area contributed by atoms with Gasteiger partial charge in [0.05, 0.1) is 10.5 Å². The maximum atomic E-state index is 12.9. The number of nitrogens with zero attached hydrogens (tertiary/aromatic N) is 1. The fourth-order valence-corrected chi connectivity index (χ4v) is 3.66. The largest absolute Gasteiger partial charge is 0.318 e. The summed E-state index contributed by atoms with van der Waals surface area (Å²) in [6.07, 6.45) is 0. The van der Waals surface area contributed by atoms with Gasteiger partial charge in [-0.3, -0.25) is 10.2 Å². The van der Waals surface area contributed by atoms with E-state index in [-0.39, 0.29) is 4.90 Å². The number of halogens is 1. The molecule has 0 fully saturated rings. The molecule has 0 aliphatic rings. The fraction of sp³-hybridized carbons (Fsp3) is 0.105. The second kappa shape index (κ2) is 7.34. The van der Waals surface area contributed by atoms with E-state index in [0.717, 1.165) is 35.6 Å². The van der Waals surface area contributed by atoms with Crippen LogP contribution >= 0.6 is 0 Å². The van der Waals surface area contributed by atoms with Crippen molar-refractivity contribution < 1.29 is 17.6 Å². The number of carbonyl (C=O) groups excluding carboxylic acids is 1. The smallest absolute Gasteiger partial charge is 0.268 e. The average Bonchev–Trinajstić information content (AvgIpc) is 2.95. The standard InChI is InChI=1S/C19H18FN3O3S/c1-13-12-18(14(2)23(13)16-6-4-3-5-7-16)19(24)21-22-27(25,26)17-10-8-15(20)9-11-17/h3-12,22H,1-2H3,(H,21,24). The molecule has 2 N–H and O–H groups in total. The van der Waals surface area contributed by atoms with E-state index in [2.05, 4.69) is 5.43 Å². The summed E-state index contributed by atoms with van der Waals surface area (Å²) in [5.41, 5.74) is 4.96. The van der Waals surface area contributed by atoms with Gasteiger partial charge >= 0.3 is 0 Å². The lowest BCUT2D eigenvalue weighted by molar-refractivity contribution is 0.0944. The van der Waals surface area contributed by atoms with E-state index < -0.39 is 21.7 Å². The van der Waals surface area contributed by atoms with Gasteiger partial charge in [-0.05, 0) is 56.3 Å². The van der Waals surface area contributed by atoms with E-state index >= 15 is 0 Å². The minimum absolute atomic E-state index is 0.154. The van der Waals surface area contributed by atoms with Gasteiger partial charge in [-0.25, -0.2) is 12.8 Å². The maximum Gasteiger partial charge on any atom is 0.268 e. The molecular weight excluding hydrogens is 369 g/mol. The molecule has 1 aromatic heterocycles. The SMILES string of the molecule is Cc1cc(C(=O)NNS(=O)(=O)c2ccc(F)cc2)c(C)n1-c1ccccc1. The van der Waals surface area contributed by atoms with Crippen molar-refractivity contribution in [2.75, 3.05) is 0 Å². The van der Waals surface area contributed by atoms with Crippen molar-refractivity contribution >= 4 is 15.9 Å². The minimum Gasteiger partial charge on any atom is -0.318 e. The molecule has 3 rings (SSSR count). The zero-order valence-electron chi connectivity index (χ0n) is 14.7. The summed E-state index contributed by atoms with van der Waals surface area (Å²) in [6.45, 7) is 3.64. The molecule has 0 atom stereocenters. The Hall–Kier alpha value is -2.97. The van der Waals surface area contributed by atoms with Crippen LogP contribution in [0.25, 0.3) is 5.69 Å². The Kier molecular flexibility index (Phi) is 5.11. The van der Waals surface area contributed by atoms with Crippen LogP contribution in [-0.2, 0) is 10.0 Å². The summed E-state index contributed by atoms with van der Waals surface area (Å²) >= 11 is 0. The summed E-state index contributed by atoms with van der Waals surface area (Å²) in [5.74, 6) is -1.14. The number of sulfonamides is 1. The number of aryl methyl sites for hydroxylation is 1. The third-order valence-electron chi connectivity index (χ3n) is 4.11. The molecule has 140 valence electrons. The molecule has 1 heterocycles. The highest BCUT2D eigenvalue weighted by Gasteiger charge is 2.19. The Balaban J connectivity index is 1.80. The van der Waals surface area contributed by atoms with E-state index in [1.165, 1.54) is 0 Å².